The average Bonchev–Trinajstić information content (AvgIpc) is 2.41. The molecule has 0 aliphatic carbocycles. The fraction of sp³-hybridized carbons (Fsp3) is 0.467. The van der Waals surface area contributed by atoms with Gasteiger partial charge in [0, 0.05) is 10.9 Å². The molecule has 0 fully saturated rings. The first-order chi connectivity index (χ1) is 9.79. The van der Waals surface area contributed by atoms with Crippen LogP contribution in [0.2, 0.25) is 5.02 Å². The third kappa shape index (κ3) is 3.04. The second-order valence-corrected chi connectivity index (χ2v) is 5.25. The summed E-state index contributed by atoms with van der Waals surface area (Å²) >= 11 is 6.09. The average molecular weight is 315 g/mol. The normalized spacial score (nSPS) is 16.6. The molecule has 0 aromatic heterocycles. The van der Waals surface area contributed by atoms with E-state index in [-0.39, 0.29) is 17.2 Å². The van der Waals surface area contributed by atoms with Crippen molar-refractivity contribution in [1.82, 2.24) is 0 Å². The Hall–Kier alpha value is -1.59. The Kier molecular flexibility index (Phi) is 5.75. The van der Waals surface area contributed by atoms with Crippen LogP contribution in [0.1, 0.15) is 26.3 Å². The largest absolute Gasteiger partial charge is 0.480 e. The summed E-state index contributed by atoms with van der Waals surface area (Å²) in [5.74, 6) is -3.25. The minimum Gasteiger partial charge on any atom is -0.480 e. The number of carboxylic acids is 1. The summed E-state index contributed by atoms with van der Waals surface area (Å²) in [6, 6.07) is 6.19. The number of esters is 1. The Morgan fingerprint density at radius 1 is 1.33 bits per heavy atom. The molecule has 6 heteroatoms. The lowest BCUT2D eigenvalue weighted by molar-refractivity contribution is -0.167. The molecular weight excluding hydrogens is 296 g/mol. The molecule has 5 nitrogen and oxygen atoms in total. The second-order valence-electron chi connectivity index (χ2n) is 4.84. The predicted molar refractivity (Wildman–Crippen MR) is 78.2 cm³/mol. The fourth-order valence-electron chi connectivity index (χ4n) is 2.33. The van der Waals surface area contributed by atoms with Crippen molar-refractivity contribution in [2.45, 2.75) is 32.3 Å². The van der Waals surface area contributed by atoms with Gasteiger partial charge in [0.15, 0.2) is 5.41 Å². The van der Waals surface area contributed by atoms with Crippen LogP contribution < -0.4 is 0 Å². The van der Waals surface area contributed by atoms with Gasteiger partial charge in [0.05, 0.1) is 12.7 Å². The van der Waals surface area contributed by atoms with Gasteiger partial charge in [-0.1, -0.05) is 36.7 Å². The monoisotopic (exact) mass is 314 g/mol. The van der Waals surface area contributed by atoms with E-state index in [2.05, 4.69) is 0 Å². The molecule has 1 rings (SSSR count). The fourth-order valence-corrected chi connectivity index (χ4v) is 2.61. The van der Waals surface area contributed by atoms with E-state index in [9.17, 15) is 19.8 Å². The molecule has 21 heavy (non-hydrogen) atoms. The molecule has 0 bridgehead atoms. The number of halogens is 1. The summed E-state index contributed by atoms with van der Waals surface area (Å²) in [6.07, 6.45) is -1.04. The van der Waals surface area contributed by atoms with Gasteiger partial charge < -0.3 is 14.9 Å². The van der Waals surface area contributed by atoms with Crippen LogP contribution in [0.3, 0.4) is 0 Å². The highest BCUT2D eigenvalue weighted by Gasteiger charge is 2.56. The van der Waals surface area contributed by atoms with Gasteiger partial charge in [-0.05, 0) is 25.5 Å². The lowest BCUT2D eigenvalue weighted by Gasteiger charge is -2.35. The molecule has 0 aliphatic heterocycles. The molecule has 0 spiro atoms. The zero-order valence-electron chi connectivity index (χ0n) is 12.2. The van der Waals surface area contributed by atoms with Gasteiger partial charge in [-0.15, -0.1) is 0 Å². The molecule has 3 unspecified atom stereocenters. The lowest BCUT2D eigenvalue weighted by Crippen LogP contribution is -2.53. The van der Waals surface area contributed by atoms with Crippen molar-refractivity contribution in [3.05, 3.63) is 34.9 Å². The predicted octanol–water partition coefficient (Wildman–Crippen LogP) is 2.24. The molecule has 2 N–H and O–H groups in total. The van der Waals surface area contributed by atoms with Crippen molar-refractivity contribution in [1.29, 1.82) is 0 Å². The molecule has 0 amide bonds. The van der Waals surface area contributed by atoms with Gasteiger partial charge in [0.2, 0.25) is 0 Å². The smallest absolute Gasteiger partial charge is 0.328 e. The van der Waals surface area contributed by atoms with E-state index in [0.29, 0.717) is 0 Å². The molecule has 0 aliphatic rings. The minimum absolute atomic E-state index is 0.0326. The summed E-state index contributed by atoms with van der Waals surface area (Å²) in [7, 11) is 0. The van der Waals surface area contributed by atoms with Gasteiger partial charge in [0.25, 0.3) is 0 Å². The maximum absolute atomic E-state index is 12.4. The highest BCUT2D eigenvalue weighted by atomic mass is 35.5. The molecule has 0 heterocycles. The van der Waals surface area contributed by atoms with E-state index in [0.717, 1.165) is 0 Å². The Balaban J connectivity index is 3.64. The van der Waals surface area contributed by atoms with Crippen molar-refractivity contribution in [2.75, 3.05) is 6.61 Å². The van der Waals surface area contributed by atoms with Crippen LogP contribution in [0.5, 0.6) is 0 Å². The summed E-state index contributed by atoms with van der Waals surface area (Å²) in [4.78, 5) is 24.4. The van der Waals surface area contributed by atoms with Crippen LogP contribution in [0.25, 0.3) is 0 Å². The SMILES string of the molecule is CCOC(=O)C(C(=O)O)(c1ccccc1Cl)C(C)C(C)O. The third-order valence-corrected chi connectivity index (χ3v) is 3.97. The maximum atomic E-state index is 12.4. The number of rotatable bonds is 6. The first-order valence-corrected chi connectivity index (χ1v) is 7.01. The van der Waals surface area contributed by atoms with Gasteiger partial charge in [-0.25, -0.2) is 0 Å². The van der Waals surface area contributed by atoms with Gasteiger partial charge in [0.1, 0.15) is 0 Å². The molecule has 1 aromatic carbocycles. The molecule has 0 saturated carbocycles. The van der Waals surface area contributed by atoms with Gasteiger partial charge in [-0.2, -0.15) is 0 Å². The second kappa shape index (κ2) is 6.91. The van der Waals surface area contributed by atoms with Crippen LogP contribution in [0, 0.1) is 5.92 Å². The zero-order valence-corrected chi connectivity index (χ0v) is 12.9. The molecule has 1 aromatic rings. The van der Waals surface area contributed by atoms with Gasteiger partial charge in [-0.3, -0.25) is 9.59 Å². The number of ether oxygens (including phenoxy) is 1. The van der Waals surface area contributed by atoms with E-state index in [1.165, 1.54) is 26.0 Å². The van der Waals surface area contributed by atoms with E-state index >= 15 is 0 Å². The van der Waals surface area contributed by atoms with Crippen molar-refractivity contribution in [3.8, 4) is 0 Å². The Bertz CT molecular complexity index is 529. The first-order valence-electron chi connectivity index (χ1n) is 6.63. The quantitative estimate of drug-likeness (QED) is 0.621. The van der Waals surface area contributed by atoms with E-state index in [1.807, 2.05) is 0 Å². The molecule has 3 atom stereocenters. The van der Waals surface area contributed by atoms with E-state index in [1.54, 1.807) is 19.1 Å². The van der Waals surface area contributed by atoms with Crippen LogP contribution in [0.4, 0.5) is 0 Å². The number of aliphatic hydroxyl groups excluding tert-OH is 1. The van der Waals surface area contributed by atoms with Crippen LogP contribution in [0.15, 0.2) is 24.3 Å². The molecule has 116 valence electrons. The highest BCUT2D eigenvalue weighted by Crippen LogP contribution is 2.40. The molecular formula is C15H19ClO5. The summed E-state index contributed by atoms with van der Waals surface area (Å²) in [6.45, 7) is 4.53. The topological polar surface area (TPSA) is 83.8 Å². The minimum atomic E-state index is -2.05. The van der Waals surface area contributed by atoms with E-state index < -0.39 is 29.4 Å². The summed E-state index contributed by atoms with van der Waals surface area (Å²) < 4.78 is 4.96. The first kappa shape index (κ1) is 17.5. The Morgan fingerprint density at radius 3 is 2.33 bits per heavy atom. The number of aliphatic hydroxyl groups is 1. The summed E-state index contributed by atoms with van der Waals surface area (Å²) in [5, 5.41) is 19.7. The highest BCUT2D eigenvalue weighted by molar-refractivity contribution is 6.32. The van der Waals surface area contributed by atoms with Crippen molar-refractivity contribution in [2.24, 2.45) is 5.92 Å². The third-order valence-electron chi connectivity index (χ3n) is 3.64. The number of carbonyl (C=O) groups is 2. The van der Waals surface area contributed by atoms with Crippen molar-refractivity contribution < 1.29 is 24.5 Å². The number of carboxylic acid groups (broad SMARTS) is 1. The number of carbonyl (C=O) groups excluding carboxylic acids is 1. The number of hydrogen-bond donors (Lipinski definition) is 2. The number of benzene rings is 1. The van der Waals surface area contributed by atoms with Crippen LogP contribution in [-0.2, 0) is 19.7 Å². The Labute approximate surface area is 128 Å². The standard InChI is InChI=1S/C15H19ClO5/c1-4-21-14(20)15(13(18)19,9(2)10(3)17)11-7-5-6-8-12(11)16/h5-10,17H,4H2,1-3H3,(H,18,19). The maximum Gasteiger partial charge on any atom is 0.328 e. The molecule has 0 saturated heterocycles. The Morgan fingerprint density at radius 2 is 1.90 bits per heavy atom. The van der Waals surface area contributed by atoms with Gasteiger partial charge >= 0.3 is 11.9 Å². The number of hydrogen-bond acceptors (Lipinski definition) is 4. The lowest BCUT2D eigenvalue weighted by atomic mass is 9.68. The molecule has 0 radical (unpaired) electrons. The number of aliphatic carboxylic acids is 1. The summed E-state index contributed by atoms with van der Waals surface area (Å²) in [5.41, 5.74) is -1.94. The van der Waals surface area contributed by atoms with Crippen LogP contribution >= 0.6 is 11.6 Å². The van der Waals surface area contributed by atoms with E-state index in [4.69, 9.17) is 16.3 Å². The zero-order chi connectivity index (χ0) is 16.2. The van der Waals surface area contributed by atoms with Crippen molar-refractivity contribution in [3.63, 3.8) is 0 Å². The van der Waals surface area contributed by atoms with Crippen molar-refractivity contribution >= 4 is 23.5 Å². The van der Waals surface area contributed by atoms with Crippen LogP contribution in [-0.4, -0.2) is 34.9 Å².